The largest absolute Gasteiger partial charge is 0.273 e. The summed E-state index contributed by atoms with van der Waals surface area (Å²) < 4.78 is 13.0. The molecule has 1 N–H and O–H groups in total. The van der Waals surface area contributed by atoms with Gasteiger partial charge in [0.05, 0.1) is 12.1 Å². The van der Waals surface area contributed by atoms with Gasteiger partial charge in [0.1, 0.15) is 10.8 Å². The van der Waals surface area contributed by atoms with Crippen molar-refractivity contribution in [2.75, 3.05) is 0 Å². The molecule has 3 aromatic rings. The van der Waals surface area contributed by atoms with E-state index < -0.39 is 0 Å². The first-order chi connectivity index (χ1) is 12.6. The van der Waals surface area contributed by atoms with Gasteiger partial charge >= 0.3 is 0 Å². The van der Waals surface area contributed by atoms with Crippen LogP contribution in [0.4, 0.5) is 4.39 Å². The summed E-state index contributed by atoms with van der Waals surface area (Å²) in [5.74, 6) is -0.397. The number of carbonyl (C=O) groups excluding carboxylic acids is 1. The number of hydrogen-bond donors (Lipinski definition) is 1. The average Bonchev–Trinajstić information content (AvgIpc) is 3.11. The van der Waals surface area contributed by atoms with Crippen molar-refractivity contribution < 1.29 is 9.18 Å². The van der Waals surface area contributed by atoms with E-state index in [1.165, 1.54) is 23.5 Å². The van der Waals surface area contributed by atoms with E-state index in [-0.39, 0.29) is 24.1 Å². The van der Waals surface area contributed by atoms with E-state index in [9.17, 15) is 9.18 Å². The third kappa shape index (κ3) is 4.83. The zero-order chi connectivity index (χ0) is 18.4. The highest BCUT2D eigenvalue weighted by molar-refractivity contribution is 7.13. The first-order valence-electron chi connectivity index (χ1n) is 8.19. The molecule has 6 heteroatoms. The molecule has 0 saturated heterocycles. The van der Waals surface area contributed by atoms with Gasteiger partial charge in [-0.25, -0.2) is 14.8 Å². The first kappa shape index (κ1) is 17.9. The molecule has 2 aromatic carbocycles. The minimum Gasteiger partial charge on any atom is -0.273 e. The molecule has 0 radical (unpaired) electrons. The van der Waals surface area contributed by atoms with Gasteiger partial charge in [0.15, 0.2) is 0 Å². The van der Waals surface area contributed by atoms with Crippen molar-refractivity contribution in [2.45, 2.75) is 19.3 Å². The van der Waals surface area contributed by atoms with Crippen LogP contribution in [0.15, 0.2) is 65.1 Å². The van der Waals surface area contributed by atoms with E-state index in [1.807, 2.05) is 42.6 Å². The van der Waals surface area contributed by atoms with Gasteiger partial charge in [0.2, 0.25) is 5.91 Å². The fourth-order valence-corrected chi connectivity index (χ4v) is 3.21. The molecule has 0 saturated carbocycles. The van der Waals surface area contributed by atoms with Gasteiger partial charge in [-0.05, 0) is 29.8 Å². The summed E-state index contributed by atoms with van der Waals surface area (Å²) in [6.45, 7) is 2.01. The van der Waals surface area contributed by atoms with Crippen molar-refractivity contribution in [2.24, 2.45) is 5.10 Å². The van der Waals surface area contributed by atoms with Gasteiger partial charge in [0.25, 0.3) is 0 Å². The molecule has 3 rings (SSSR count). The fraction of sp³-hybridized carbons (Fsp3) is 0.150. The van der Waals surface area contributed by atoms with Gasteiger partial charge in [-0.2, -0.15) is 5.10 Å². The maximum Gasteiger partial charge on any atom is 0.246 e. The summed E-state index contributed by atoms with van der Waals surface area (Å²) in [4.78, 5) is 16.4. The molecule has 26 heavy (non-hydrogen) atoms. The lowest BCUT2D eigenvalue weighted by molar-refractivity contribution is -0.120. The third-order valence-corrected chi connectivity index (χ3v) is 4.74. The van der Waals surface area contributed by atoms with Crippen LogP contribution in [-0.4, -0.2) is 17.1 Å². The van der Waals surface area contributed by atoms with Crippen LogP contribution in [-0.2, 0) is 11.2 Å². The van der Waals surface area contributed by atoms with Crippen LogP contribution < -0.4 is 5.43 Å². The number of hydrazone groups is 1. The van der Waals surface area contributed by atoms with Crippen molar-refractivity contribution in [1.82, 2.24) is 10.4 Å². The molecule has 4 nitrogen and oxygen atoms in total. The smallest absolute Gasteiger partial charge is 0.246 e. The number of aromatic nitrogens is 1. The standard InChI is InChI=1S/C20H18FN3OS/c1-14(15-5-3-2-4-6-15)12-22-24-19(25)11-18-13-26-20(23-18)16-7-9-17(21)10-8-16/h2-10,12-14H,11H2,1H3,(H,24,25)/b22-12-/t14-/m0/s1. The topological polar surface area (TPSA) is 54.4 Å². The molecular weight excluding hydrogens is 349 g/mol. The summed E-state index contributed by atoms with van der Waals surface area (Å²) in [5, 5.41) is 6.61. The Bertz CT molecular complexity index is 891. The van der Waals surface area contributed by atoms with Crippen LogP contribution >= 0.6 is 11.3 Å². The molecule has 0 unspecified atom stereocenters. The van der Waals surface area contributed by atoms with Crippen molar-refractivity contribution in [1.29, 1.82) is 0 Å². The first-order valence-corrected chi connectivity index (χ1v) is 9.07. The predicted octanol–water partition coefficient (Wildman–Crippen LogP) is 4.40. The minimum absolute atomic E-state index is 0.112. The molecule has 1 aromatic heterocycles. The summed E-state index contributed by atoms with van der Waals surface area (Å²) in [6, 6.07) is 16.1. The number of benzene rings is 2. The molecule has 0 aliphatic heterocycles. The average molecular weight is 367 g/mol. The quantitative estimate of drug-likeness (QED) is 0.519. The number of carbonyl (C=O) groups is 1. The van der Waals surface area contributed by atoms with E-state index in [0.717, 1.165) is 16.1 Å². The Balaban J connectivity index is 1.54. The number of rotatable bonds is 6. The SMILES string of the molecule is C[C@@H](/C=N\NC(=O)Cc1csc(-c2ccc(F)cc2)n1)c1ccccc1. The Morgan fingerprint density at radius 2 is 1.96 bits per heavy atom. The number of nitrogens with one attached hydrogen (secondary N) is 1. The summed E-state index contributed by atoms with van der Waals surface area (Å²) in [7, 11) is 0. The molecule has 0 fully saturated rings. The predicted molar refractivity (Wildman–Crippen MR) is 103 cm³/mol. The Labute approximate surface area is 155 Å². The lowest BCUT2D eigenvalue weighted by atomic mass is 10.0. The Morgan fingerprint density at radius 1 is 1.23 bits per heavy atom. The summed E-state index contributed by atoms with van der Waals surface area (Å²) >= 11 is 1.42. The lowest BCUT2D eigenvalue weighted by Crippen LogP contribution is -2.20. The van der Waals surface area contributed by atoms with Crippen molar-refractivity contribution in [3.05, 3.63) is 77.1 Å². The molecule has 1 amide bonds. The van der Waals surface area contributed by atoms with Gasteiger partial charge in [-0.15, -0.1) is 11.3 Å². The number of hydrogen-bond acceptors (Lipinski definition) is 4. The zero-order valence-corrected chi connectivity index (χ0v) is 15.0. The maximum absolute atomic E-state index is 13.0. The maximum atomic E-state index is 13.0. The molecule has 0 spiro atoms. The van der Waals surface area contributed by atoms with Crippen LogP contribution in [0, 0.1) is 5.82 Å². The third-order valence-electron chi connectivity index (χ3n) is 3.80. The minimum atomic E-state index is -0.285. The molecule has 0 bridgehead atoms. The highest BCUT2D eigenvalue weighted by Gasteiger charge is 2.09. The van der Waals surface area contributed by atoms with Crippen LogP contribution in [0.25, 0.3) is 10.6 Å². The van der Waals surface area contributed by atoms with E-state index in [4.69, 9.17) is 0 Å². The van der Waals surface area contributed by atoms with E-state index in [0.29, 0.717) is 5.69 Å². The lowest BCUT2D eigenvalue weighted by Gasteiger charge is -2.05. The molecule has 1 heterocycles. The Hall–Kier alpha value is -2.86. The van der Waals surface area contributed by atoms with Crippen LogP contribution in [0.5, 0.6) is 0 Å². The fourth-order valence-electron chi connectivity index (χ4n) is 2.38. The molecular formula is C20H18FN3OS. The second kappa shape index (κ2) is 8.49. The summed E-state index contributed by atoms with van der Waals surface area (Å²) in [6.07, 6.45) is 1.85. The highest BCUT2D eigenvalue weighted by Crippen LogP contribution is 2.24. The van der Waals surface area contributed by atoms with E-state index in [1.54, 1.807) is 18.3 Å². The van der Waals surface area contributed by atoms with E-state index >= 15 is 0 Å². The number of nitrogens with zero attached hydrogens (tertiary/aromatic N) is 2. The van der Waals surface area contributed by atoms with E-state index in [2.05, 4.69) is 15.5 Å². The zero-order valence-electron chi connectivity index (χ0n) is 14.2. The van der Waals surface area contributed by atoms with Crippen LogP contribution in [0.1, 0.15) is 24.1 Å². The second-order valence-electron chi connectivity index (χ2n) is 5.84. The monoisotopic (exact) mass is 367 g/mol. The molecule has 132 valence electrons. The molecule has 0 aliphatic carbocycles. The summed E-state index contributed by atoms with van der Waals surface area (Å²) in [5.41, 5.74) is 5.16. The molecule has 0 aliphatic rings. The highest BCUT2D eigenvalue weighted by atomic mass is 32.1. The van der Waals surface area contributed by atoms with Crippen molar-refractivity contribution in [3.8, 4) is 10.6 Å². The van der Waals surface area contributed by atoms with Gasteiger partial charge < -0.3 is 0 Å². The Kier molecular flexibility index (Phi) is 5.86. The van der Waals surface area contributed by atoms with Gasteiger partial charge in [0, 0.05) is 23.1 Å². The molecule has 1 atom stereocenters. The normalized spacial score (nSPS) is 12.2. The number of amides is 1. The van der Waals surface area contributed by atoms with Crippen LogP contribution in [0.2, 0.25) is 0 Å². The van der Waals surface area contributed by atoms with Crippen LogP contribution in [0.3, 0.4) is 0 Å². The van der Waals surface area contributed by atoms with Gasteiger partial charge in [-0.3, -0.25) is 4.79 Å². The number of halogens is 1. The van der Waals surface area contributed by atoms with Crippen molar-refractivity contribution in [3.63, 3.8) is 0 Å². The Morgan fingerprint density at radius 3 is 2.69 bits per heavy atom. The van der Waals surface area contributed by atoms with Gasteiger partial charge in [-0.1, -0.05) is 37.3 Å². The second-order valence-corrected chi connectivity index (χ2v) is 6.70. The van der Waals surface area contributed by atoms with Crippen molar-refractivity contribution >= 4 is 23.5 Å². The number of thiazole rings is 1.